The van der Waals surface area contributed by atoms with Gasteiger partial charge in [0.2, 0.25) is 23.7 Å². The standard InChI is InChI=1S/C47H51ClFN11O4/c1-29-26-34(11-13-40(29)54-41-14-15-42(61)55-46(41)64)59-24-22-58(23-25-59)19-16-30-17-20-60(21-18-30)57-45(63)31-6-8-32(9-7-31)53-47-51-28-39(49)44(56-47)52-33-10-12-36(43(50)62)37(27-33)35-4-2-3-5-38(35)48/h2-13,26-28,30,41,54H,14-25H2,1H3,(H2,50,62)(H,57,63)(H,55,61,64)(H2,51,52,53,56). The zero-order valence-electron chi connectivity index (χ0n) is 35.5. The van der Waals surface area contributed by atoms with Crippen molar-refractivity contribution in [3.63, 3.8) is 0 Å². The van der Waals surface area contributed by atoms with Crippen LogP contribution in [0.3, 0.4) is 0 Å². The predicted octanol–water partition coefficient (Wildman–Crippen LogP) is 6.62. The quantitative estimate of drug-likeness (QED) is 0.0656. The van der Waals surface area contributed by atoms with Gasteiger partial charge in [-0.2, -0.15) is 4.98 Å². The van der Waals surface area contributed by atoms with Gasteiger partial charge in [0.05, 0.1) is 6.20 Å². The van der Waals surface area contributed by atoms with Gasteiger partial charge in [-0.1, -0.05) is 29.8 Å². The summed E-state index contributed by atoms with van der Waals surface area (Å²) in [6, 6.07) is 24.6. The van der Waals surface area contributed by atoms with E-state index in [1.165, 1.54) is 5.69 Å². The van der Waals surface area contributed by atoms with Crippen LogP contribution in [0.15, 0.2) is 91.1 Å². The Balaban J connectivity index is 0.762. The number of piperazine rings is 1. The van der Waals surface area contributed by atoms with E-state index in [2.05, 4.69) is 58.6 Å². The summed E-state index contributed by atoms with van der Waals surface area (Å²) in [6.07, 6.45) is 5.04. The van der Waals surface area contributed by atoms with Crippen LogP contribution in [0.25, 0.3) is 11.1 Å². The Labute approximate surface area is 375 Å². The number of hydrogen-bond acceptors (Lipinski definition) is 12. The van der Waals surface area contributed by atoms with Gasteiger partial charge in [0.1, 0.15) is 6.04 Å². The van der Waals surface area contributed by atoms with E-state index in [0.29, 0.717) is 51.8 Å². The number of aryl methyl sites for hydroxylation is 1. The smallest absolute Gasteiger partial charge is 0.265 e. The van der Waals surface area contributed by atoms with Crippen LogP contribution in [0, 0.1) is 18.7 Å². The van der Waals surface area contributed by atoms with Crippen LogP contribution < -0.4 is 37.3 Å². The molecule has 0 bridgehead atoms. The fourth-order valence-electron chi connectivity index (χ4n) is 8.39. The number of aromatic nitrogens is 2. The average Bonchev–Trinajstić information content (AvgIpc) is 3.29. The SMILES string of the molecule is Cc1cc(N2CCN(CCC3CCN(NC(=O)c4ccc(Nc5ncc(F)c(Nc6ccc(C(N)=O)c(-c7ccccc7Cl)c6)n5)cc4)CC3)CC2)ccc1NC1CCC(=O)NC1=O. The van der Waals surface area contributed by atoms with Crippen molar-refractivity contribution in [1.82, 2.24) is 30.6 Å². The molecule has 15 nitrogen and oxygen atoms in total. The molecule has 0 saturated carbocycles. The molecule has 4 amide bonds. The number of amides is 4. The van der Waals surface area contributed by atoms with Crippen molar-refractivity contribution in [2.75, 3.05) is 66.7 Å². The minimum Gasteiger partial charge on any atom is -0.373 e. The first-order valence-corrected chi connectivity index (χ1v) is 21.9. The van der Waals surface area contributed by atoms with Crippen LogP contribution in [-0.4, -0.2) is 95.4 Å². The highest BCUT2D eigenvalue weighted by atomic mass is 35.5. The molecule has 64 heavy (non-hydrogen) atoms. The normalized spacial score (nSPS) is 17.4. The Morgan fingerprint density at radius 2 is 1.62 bits per heavy atom. The molecule has 3 aliphatic rings. The number of hydrazine groups is 1. The maximum Gasteiger partial charge on any atom is 0.265 e. The number of nitrogens with two attached hydrogens (primary N) is 1. The summed E-state index contributed by atoms with van der Waals surface area (Å²) >= 11 is 6.42. The van der Waals surface area contributed by atoms with E-state index >= 15 is 0 Å². The van der Waals surface area contributed by atoms with Gasteiger partial charge in [0.25, 0.3) is 5.91 Å². The van der Waals surface area contributed by atoms with Crippen molar-refractivity contribution in [1.29, 1.82) is 0 Å². The van der Waals surface area contributed by atoms with Crippen molar-refractivity contribution in [3.8, 4) is 11.1 Å². The van der Waals surface area contributed by atoms with Gasteiger partial charge in [-0.3, -0.25) is 34.8 Å². The summed E-state index contributed by atoms with van der Waals surface area (Å²) in [5, 5.41) is 14.2. The molecule has 17 heteroatoms. The number of primary amides is 1. The first-order valence-electron chi connectivity index (χ1n) is 21.6. The number of anilines is 6. The van der Waals surface area contributed by atoms with E-state index in [-0.39, 0.29) is 35.1 Å². The number of carbonyl (C=O) groups excluding carboxylic acids is 4. The van der Waals surface area contributed by atoms with Crippen molar-refractivity contribution in [2.24, 2.45) is 11.7 Å². The zero-order valence-corrected chi connectivity index (χ0v) is 36.3. The second-order valence-corrected chi connectivity index (χ2v) is 16.9. The van der Waals surface area contributed by atoms with Crippen molar-refractivity contribution in [3.05, 3.63) is 119 Å². The minimum atomic E-state index is -0.686. The Kier molecular flexibility index (Phi) is 13.6. The van der Waals surface area contributed by atoms with E-state index in [1.54, 1.807) is 66.7 Å². The van der Waals surface area contributed by atoms with E-state index in [1.807, 2.05) is 18.0 Å². The Morgan fingerprint density at radius 1 is 0.875 bits per heavy atom. The van der Waals surface area contributed by atoms with Crippen LogP contribution in [-0.2, 0) is 9.59 Å². The number of rotatable bonds is 14. The lowest BCUT2D eigenvalue weighted by atomic mass is 9.94. The number of halogens is 2. The minimum absolute atomic E-state index is 0.0915. The Morgan fingerprint density at radius 3 is 2.34 bits per heavy atom. The van der Waals surface area contributed by atoms with E-state index in [9.17, 15) is 23.6 Å². The summed E-state index contributed by atoms with van der Waals surface area (Å²) < 4.78 is 14.9. The molecule has 4 heterocycles. The molecule has 3 aliphatic heterocycles. The molecule has 7 N–H and O–H groups in total. The average molecular weight is 888 g/mol. The molecule has 0 radical (unpaired) electrons. The van der Waals surface area contributed by atoms with Crippen molar-refractivity contribution in [2.45, 2.75) is 45.1 Å². The molecule has 1 unspecified atom stereocenters. The lowest BCUT2D eigenvalue weighted by Crippen LogP contribution is -2.48. The third kappa shape index (κ3) is 10.8. The number of hydrogen-bond donors (Lipinski definition) is 6. The molecular formula is C47H51ClFN11O4. The van der Waals surface area contributed by atoms with Gasteiger partial charge < -0.3 is 26.6 Å². The zero-order chi connectivity index (χ0) is 44.7. The summed E-state index contributed by atoms with van der Waals surface area (Å²) in [5.74, 6) is -1.35. The Bertz CT molecular complexity index is 2530. The lowest BCUT2D eigenvalue weighted by Gasteiger charge is -2.38. The molecule has 4 aromatic carbocycles. The number of imide groups is 1. The number of carbonyl (C=O) groups is 4. The van der Waals surface area contributed by atoms with Gasteiger partial charge in [-0.15, -0.1) is 0 Å². The molecule has 3 saturated heterocycles. The van der Waals surface area contributed by atoms with Gasteiger partial charge in [0, 0.05) is 90.2 Å². The highest BCUT2D eigenvalue weighted by Crippen LogP contribution is 2.34. The fraction of sp³-hybridized carbons (Fsp3) is 0.319. The Hall–Kier alpha value is -6.62. The summed E-state index contributed by atoms with van der Waals surface area (Å²) in [5.41, 5.74) is 14.8. The van der Waals surface area contributed by atoms with E-state index < -0.39 is 17.8 Å². The molecule has 0 spiro atoms. The summed E-state index contributed by atoms with van der Waals surface area (Å²) in [7, 11) is 0. The monoisotopic (exact) mass is 887 g/mol. The number of nitrogens with zero attached hydrogens (tertiary/aromatic N) is 5. The molecule has 0 aliphatic carbocycles. The predicted molar refractivity (Wildman–Crippen MR) is 246 cm³/mol. The van der Waals surface area contributed by atoms with Crippen LogP contribution >= 0.6 is 11.6 Å². The van der Waals surface area contributed by atoms with Crippen LogP contribution in [0.1, 0.15) is 58.4 Å². The van der Waals surface area contributed by atoms with Gasteiger partial charge in [0.15, 0.2) is 11.6 Å². The number of benzene rings is 4. The van der Waals surface area contributed by atoms with Gasteiger partial charge >= 0.3 is 0 Å². The first kappa shape index (κ1) is 44.0. The molecule has 1 atom stereocenters. The van der Waals surface area contributed by atoms with E-state index in [4.69, 9.17) is 17.3 Å². The second kappa shape index (κ2) is 19.8. The van der Waals surface area contributed by atoms with E-state index in [0.717, 1.165) is 82.5 Å². The molecular weight excluding hydrogens is 837 g/mol. The third-order valence-corrected chi connectivity index (χ3v) is 12.4. The van der Waals surface area contributed by atoms with Crippen molar-refractivity contribution < 1.29 is 23.6 Å². The third-order valence-electron chi connectivity index (χ3n) is 12.1. The molecule has 332 valence electrons. The molecule has 1 aromatic heterocycles. The van der Waals surface area contributed by atoms with Crippen LogP contribution in [0.2, 0.25) is 5.02 Å². The van der Waals surface area contributed by atoms with Gasteiger partial charge in [-0.25, -0.2) is 14.4 Å². The summed E-state index contributed by atoms with van der Waals surface area (Å²) in [4.78, 5) is 62.5. The fourth-order valence-corrected chi connectivity index (χ4v) is 8.62. The largest absolute Gasteiger partial charge is 0.373 e. The second-order valence-electron chi connectivity index (χ2n) is 16.5. The lowest BCUT2D eigenvalue weighted by molar-refractivity contribution is -0.133. The topological polar surface area (TPSA) is 190 Å². The maximum atomic E-state index is 14.9. The summed E-state index contributed by atoms with van der Waals surface area (Å²) in [6.45, 7) is 8.55. The van der Waals surface area contributed by atoms with Crippen LogP contribution in [0.4, 0.5) is 38.9 Å². The van der Waals surface area contributed by atoms with Gasteiger partial charge in [-0.05, 0) is 123 Å². The number of nitrogens with one attached hydrogen (secondary N) is 5. The maximum absolute atomic E-state index is 14.9. The highest BCUT2D eigenvalue weighted by molar-refractivity contribution is 6.33. The highest BCUT2D eigenvalue weighted by Gasteiger charge is 2.28. The molecule has 5 aromatic rings. The molecule has 3 fully saturated rings. The number of piperidine rings is 2. The van der Waals surface area contributed by atoms with Crippen LogP contribution in [0.5, 0.6) is 0 Å². The molecule has 8 rings (SSSR count). The first-order chi connectivity index (χ1) is 30.9. The van der Waals surface area contributed by atoms with Crippen molar-refractivity contribution >= 4 is 69.7 Å².